The van der Waals surface area contributed by atoms with Crippen LogP contribution < -0.4 is 9.47 Å². The fraction of sp³-hybridized carbons (Fsp3) is 0.158. The molecule has 0 fully saturated rings. The number of Topliss-reactive ketones (excluding diaryl/α,β-unsaturated/α-hetero) is 1. The van der Waals surface area contributed by atoms with Crippen molar-refractivity contribution in [3.8, 4) is 11.5 Å². The van der Waals surface area contributed by atoms with Gasteiger partial charge in [0.15, 0.2) is 5.76 Å². The fourth-order valence-electron chi connectivity index (χ4n) is 2.34. The Balaban J connectivity index is 1.92. The van der Waals surface area contributed by atoms with E-state index in [9.17, 15) is 4.79 Å². The molecule has 0 aliphatic carbocycles. The maximum absolute atomic E-state index is 12.5. The van der Waals surface area contributed by atoms with Crippen molar-refractivity contribution < 1.29 is 14.3 Å². The van der Waals surface area contributed by atoms with E-state index in [-0.39, 0.29) is 5.78 Å². The Labute approximate surface area is 135 Å². The van der Waals surface area contributed by atoms with Crippen molar-refractivity contribution in [2.45, 2.75) is 13.8 Å². The molecule has 0 amide bonds. The highest BCUT2D eigenvalue weighted by atomic mass is 16.5. The average molecular weight is 307 g/mol. The number of ether oxygens (including phenoxy) is 2. The molecule has 2 heterocycles. The molecule has 4 nitrogen and oxygen atoms in total. The third-order valence-corrected chi connectivity index (χ3v) is 3.51. The van der Waals surface area contributed by atoms with Gasteiger partial charge in [-0.25, -0.2) is 0 Å². The molecule has 1 aromatic carbocycles. The number of carbonyl (C=O) groups excluding carboxylic acids is 1. The number of pyridine rings is 1. The van der Waals surface area contributed by atoms with Gasteiger partial charge < -0.3 is 9.47 Å². The zero-order valence-corrected chi connectivity index (χ0v) is 13.1. The van der Waals surface area contributed by atoms with Crippen LogP contribution in [0.1, 0.15) is 28.4 Å². The van der Waals surface area contributed by atoms with Crippen molar-refractivity contribution in [2.24, 2.45) is 0 Å². The molecule has 0 saturated carbocycles. The first-order valence-electron chi connectivity index (χ1n) is 7.31. The Morgan fingerprint density at radius 2 is 2.04 bits per heavy atom. The van der Waals surface area contributed by atoms with Gasteiger partial charge in [-0.2, -0.15) is 0 Å². The van der Waals surface area contributed by atoms with Crippen LogP contribution in [-0.4, -0.2) is 17.4 Å². The number of rotatable bonds is 4. The van der Waals surface area contributed by atoms with Crippen LogP contribution in [0.25, 0.3) is 6.08 Å². The number of hydrogen-bond donors (Lipinski definition) is 0. The third-order valence-electron chi connectivity index (χ3n) is 3.51. The van der Waals surface area contributed by atoms with E-state index in [1.807, 2.05) is 26.0 Å². The van der Waals surface area contributed by atoms with Crippen molar-refractivity contribution in [2.75, 3.05) is 6.61 Å². The van der Waals surface area contributed by atoms with Crippen molar-refractivity contribution in [3.05, 3.63) is 71.3 Å². The van der Waals surface area contributed by atoms with Gasteiger partial charge in [-0.1, -0.05) is 6.58 Å². The fourth-order valence-corrected chi connectivity index (χ4v) is 2.34. The summed E-state index contributed by atoms with van der Waals surface area (Å²) in [5.41, 5.74) is 3.17. The maximum atomic E-state index is 12.5. The number of carbonyl (C=O) groups is 1. The number of ketones is 1. The predicted octanol–water partition coefficient (Wildman–Crippen LogP) is 3.96. The largest absolute Gasteiger partial charge is 0.489 e. The summed E-state index contributed by atoms with van der Waals surface area (Å²) in [6.07, 6.45) is 5.07. The molecule has 1 aliphatic rings. The maximum Gasteiger partial charge on any atom is 0.231 e. The Kier molecular flexibility index (Phi) is 3.98. The van der Waals surface area contributed by atoms with Crippen LogP contribution >= 0.6 is 0 Å². The number of hydrogen-bond acceptors (Lipinski definition) is 4. The van der Waals surface area contributed by atoms with E-state index in [0.717, 1.165) is 16.7 Å². The molecule has 4 heteroatoms. The summed E-state index contributed by atoms with van der Waals surface area (Å²) in [5, 5.41) is 0. The van der Waals surface area contributed by atoms with E-state index in [1.165, 1.54) is 0 Å². The number of benzene rings is 1. The van der Waals surface area contributed by atoms with Gasteiger partial charge in [0.1, 0.15) is 18.1 Å². The molecule has 1 aliphatic heterocycles. The second kappa shape index (κ2) is 6.08. The van der Waals surface area contributed by atoms with E-state index < -0.39 is 0 Å². The number of fused-ring (bicyclic) bond motifs is 1. The van der Waals surface area contributed by atoms with Crippen LogP contribution in [0.4, 0.5) is 0 Å². The van der Waals surface area contributed by atoms with Crippen LogP contribution in [0.3, 0.4) is 0 Å². The van der Waals surface area contributed by atoms with Crippen LogP contribution in [0, 0.1) is 6.92 Å². The Morgan fingerprint density at radius 1 is 1.30 bits per heavy atom. The molecule has 0 saturated heterocycles. The summed E-state index contributed by atoms with van der Waals surface area (Å²) < 4.78 is 11.5. The Morgan fingerprint density at radius 3 is 2.74 bits per heavy atom. The smallest absolute Gasteiger partial charge is 0.231 e. The standard InChI is InChI=1S/C19H17NO3/c1-12(2)11-22-16-5-4-15-18(21)17(23-19(15)13(16)3)10-14-6-8-20-9-7-14/h4-10H,1,11H2,2-3H3/b17-10-. The van der Waals surface area contributed by atoms with Crippen molar-refractivity contribution in [1.82, 2.24) is 4.98 Å². The molecular formula is C19H17NO3. The topological polar surface area (TPSA) is 48.4 Å². The molecule has 0 atom stereocenters. The quantitative estimate of drug-likeness (QED) is 0.633. The molecule has 2 aromatic rings. The molecule has 0 N–H and O–H groups in total. The third kappa shape index (κ3) is 3.01. The van der Waals surface area contributed by atoms with E-state index in [2.05, 4.69) is 11.6 Å². The molecule has 3 rings (SSSR count). The summed E-state index contributed by atoms with van der Waals surface area (Å²) in [6.45, 7) is 8.04. The molecule has 116 valence electrons. The number of allylic oxidation sites excluding steroid dienone is 1. The SMILES string of the molecule is C=C(C)COc1ccc2c(c1C)O/C(=C\c1ccncc1)C2=O. The normalized spacial score (nSPS) is 14.5. The first kappa shape index (κ1) is 15.0. The predicted molar refractivity (Wildman–Crippen MR) is 88.7 cm³/mol. The van der Waals surface area contributed by atoms with Crippen LogP contribution in [0.15, 0.2) is 54.6 Å². The molecule has 1 aromatic heterocycles. The monoisotopic (exact) mass is 307 g/mol. The van der Waals surface area contributed by atoms with Gasteiger partial charge in [-0.05, 0) is 55.3 Å². The molecule has 0 spiro atoms. The average Bonchev–Trinajstić information content (AvgIpc) is 2.85. The van der Waals surface area contributed by atoms with E-state index in [1.54, 1.807) is 30.6 Å². The van der Waals surface area contributed by atoms with Gasteiger partial charge in [-0.3, -0.25) is 9.78 Å². The molecule has 23 heavy (non-hydrogen) atoms. The van der Waals surface area contributed by atoms with Gasteiger partial charge in [-0.15, -0.1) is 0 Å². The minimum Gasteiger partial charge on any atom is -0.489 e. The lowest BCUT2D eigenvalue weighted by Crippen LogP contribution is -2.00. The lowest BCUT2D eigenvalue weighted by Gasteiger charge is -2.11. The van der Waals surface area contributed by atoms with E-state index in [0.29, 0.717) is 29.4 Å². The minimum atomic E-state index is -0.119. The lowest BCUT2D eigenvalue weighted by molar-refractivity contribution is 0.101. The Hall–Kier alpha value is -2.88. The first-order valence-corrected chi connectivity index (χ1v) is 7.31. The highest BCUT2D eigenvalue weighted by molar-refractivity contribution is 6.14. The molecule has 0 bridgehead atoms. The summed E-state index contributed by atoms with van der Waals surface area (Å²) in [5.74, 6) is 1.46. The van der Waals surface area contributed by atoms with Gasteiger partial charge in [0.25, 0.3) is 0 Å². The van der Waals surface area contributed by atoms with E-state index >= 15 is 0 Å². The number of aromatic nitrogens is 1. The van der Waals surface area contributed by atoms with Crippen LogP contribution in [0.2, 0.25) is 0 Å². The zero-order valence-electron chi connectivity index (χ0n) is 13.1. The molecule has 0 unspecified atom stereocenters. The summed E-state index contributed by atoms with van der Waals surface area (Å²) in [4.78, 5) is 16.4. The van der Waals surface area contributed by atoms with E-state index in [4.69, 9.17) is 9.47 Å². The first-order chi connectivity index (χ1) is 11.1. The summed E-state index contributed by atoms with van der Waals surface area (Å²) >= 11 is 0. The van der Waals surface area contributed by atoms with Crippen LogP contribution in [0.5, 0.6) is 11.5 Å². The second-order valence-electron chi connectivity index (χ2n) is 5.53. The van der Waals surface area contributed by atoms with Gasteiger partial charge in [0.2, 0.25) is 5.78 Å². The van der Waals surface area contributed by atoms with Gasteiger partial charge >= 0.3 is 0 Å². The molecule has 0 radical (unpaired) electrons. The highest BCUT2D eigenvalue weighted by Crippen LogP contribution is 2.39. The lowest BCUT2D eigenvalue weighted by atomic mass is 10.1. The van der Waals surface area contributed by atoms with Crippen LogP contribution in [-0.2, 0) is 0 Å². The van der Waals surface area contributed by atoms with Crippen molar-refractivity contribution in [1.29, 1.82) is 0 Å². The minimum absolute atomic E-state index is 0.119. The Bertz CT molecular complexity index is 807. The van der Waals surface area contributed by atoms with Gasteiger partial charge in [0, 0.05) is 18.0 Å². The summed E-state index contributed by atoms with van der Waals surface area (Å²) in [7, 11) is 0. The second-order valence-corrected chi connectivity index (χ2v) is 5.53. The van der Waals surface area contributed by atoms with Gasteiger partial charge in [0.05, 0.1) is 5.56 Å². The molecular weight excluding hydrogens is 290 g/mol. The number of nitrogens with zero attached hydrogens (tertiary/aromatic N) is 1. The summed E-state index contributed by atoms with van der Waals surface area (Å²) in [6, 6.07) is 7.18. The van der Waals surface area contributed by atoms with Crippen molar-refractivity contribution in [3.63, 3.8) is 0 Å². The highest BCUT2D eigenvalue weighted by Gasteiger charge is 2.30. The zero-order chi connectivity index (χ0) is 16.4. The van der Waals surface area contributed by atoms with Crippen molar-refractivity contribution >= 4 is 11.9 Å².